The monoisotopic (exact) mass is 393 g/mol. The molecule has 1 unspecified atom stereocenters. The average molecular weight is 393 g/mol. The Labute approximate surface area is 156 Å². The number of amides is 2. The quantitative estimate of drug-likeness (QED) is 0.649. The minimum absolute atomic E-state index is 0.0243. The van der Waals surface area contributed by atoms with Gasteiger partial charge in [0, 0.05) is 17.4 Å². The van der Waals surface area contributed by atoms with Crippen LogP contribution in [0.2, 0.25) is 0 Å². The standard InChI is InChI=1S/C16H15N3O5S2/c1-2-23-15(22)12-8(9-4-3-5-24-9)7-25-14(12)18-11(20)6-10-13(21)19-16(17)26-10/h3-5,7,10H,2,6H2,1H3,(H,18,20)(H2,17,19,21). The van der Waals surface area contributed by atoms with Gasteiger partial charge >= 0.3 is 5.97 Å². The van der Waals surface area contributed by atoms with Gasteiger partial charge in [-0.05, 0) is 19.1 Å². The highest BCUT2D eigenvalue weighted by Crippen LogP contribution is 2.36. The molecular formula is C16H15N3O5S2. The van der Waals surface area contributed by atoms with Crippen molar-refractivity contribution < 1.29 is 23.5 Å². The number of carbonyl (C=O) groups excluding carboxylic acids is 3. The summed E-state index contributed by atoms with van der Waals surface area (Å²) in [6.45, 7) is 1.89. The van der Waals surface area contributed by atoms with Gasteiger partial charge in [0.2, 0.25) is 11.8 Å². The molecule has 10 heteroatoms. The zero-order chi connectivity index (χ0) is 18.7. The van der Waals surface area contributed by atoms with Gasteiger partial charge < -0.3 is 19.8 Å². The summed E-state index contributed by atoms with van der Waals surface area (Å²) in [7, 11) is 0. The molecule has 26 heavy (non-hydrogen) atoms. The van der Waals surface area contributed by atoms with Gasteiger partial charge in [0.25, 0.3) is 0 Å². The fourth-order valence-corrected chi connectivity index (χ4v) is 4.17. The Morgan fingerprint density at radius 1 is 1.46 bits per heavy atom. The molecule has 0 aromatic carbocycles. The maximum Gasteiger partial charge on any atom is 0.341 e. The molecule has 0 bridgehead atoms. The lowest BCUT2D eigenvalue weighted by atomic mass is 10.1. The second-order valence-electron chi connectivity index (χ2n) is 5.23. The lowest BCUT2D eigenvalue weighted by Gasteiger charge is -2.09. The lowest BCUT2D eigenvalue weighted by Crippen LogP contribution is -2.28. The number of carbonyl (C=O) groups is 3. The zero-order valence-corrected chi connectivity index (χ0v) is 15.3. The van der Waals surface area contributed by atoms with Crippen molar-refractivity contribution in [2.24, 2.45) is 0 Å². The number of thiophene rings is 1. The van der Waals surface area contributed by atoms with Gasteiger partial charge in [-0.3, -0.25) is 15.0 Å². The first-order chi connectivity index (χ1) is 12.5. The molecule has 8 nitrogen and oxygen atoms in total. The number of rotatable bonds is 6. The number of ether oxygens (including phenoxy) is 1. The fourth-order valence-electron chi connectivity index (χ4n) is 2.37. The van der Waals surface area contributed by atoms with E-state index in [4.69, 9.17) is 14.6 Å². The van der Waals surface area contributed by atoms with E-state index in [-0.39, 0.29) is 29.7 Å². The Kier molecular flexibility index (Phi) is 5.43. The molecule has 2 amide bonds. The van der Waals surface area contributed by atoms with Crippen LogP contribution in [0, 0.1) is 5.41 Å². The fraction of sp³-hybridized carbons (Fsp3) is 0.250. The molecule has 3 rings (SSSR count). The zero-order valence-electron chi connectivity index (χ0n) is 13.7. The summed E-state index contributed by atoms with van der Waals surface area (Å²) >= 11 is 2.17. The van der Waals surface area contributed by atoms with Crippen LogP contribution in [-0.4, -0.2) is 34.8 Å². The van der Waals surface area contributed by atoms with Gasteiger partial charge in [0.1, 0.15) is 21.6 Å². The highest BCUT2D eigenvalue weighted by atomic mass is 32.2. The second kappa shape index (κ2) is 7.75. The Hall–Kier alpha value is -2.59. The Morgan fingerprint density at radius 3 is 2.88 bits per heavy atom. The minimum atomic E-state index is -0.655. The lowest BCUT2D eigenvalue weighted by molar-refractivity contribution is -0.122. The van der Waals surface area contributed by atoms with Crippen molar-refractivity contribution in [3.05, 3.63) is 29.3 Å². The van der Waals surface area contributed by atoms with Crippen molar-refractivity contribution in [3.8, 4) is 11.3 Å². The van der Waals surface area contributed by atoms with E-state index >= 15 is 0 Å². The van der Waals surface area contributed by atoms with E-state index in [0.717, 1.165) is 11.8 Å². The summed E-state index contributed by atoms with van der Waals surface area (Å²) in [5.41, 5.74) is 0.750. The maximum absolute atomic E-state index is 12.4. The highest BCUT2D eigenvalue weighted by molar-refractivity contribution is 8.15. The topological polar surface area (TPSA) is 121 Å². The third-order valence-electron chi connectivity index (χ3n) is 3.47. The largest absolute Gasteiger partial charge is 0.464 e. The molecule has 2 aromatic rings. The van der Waals surface area contributed by atoms with Crippen molar-refractivity contribution in [2.75, 3.05) is 11.9 Å². The number of amidine groups is 1. The van der Waals surface area contributed by atoms with Gasteiger partial charge in [-0.1, -0.05) is 11.8 Å². The van der Waals surface area contributed by atoms with Crippen LogP contribution in [0.3, 0.4) is 0 Å². The SMILES string of the molecule is CCOC(=O)c1c(-c2ccco2)csc1NC(=O)CC1SC(=N)NC1=O. The van der Waals surface area contributed by atoms with Crippen LogP contribution >= 0.6 is 23.1 Å². The Balaban J connectivity index is 1.81. The summed E-state index contributed by atoms with van der Waals surface area (Å²) in [5, 5.41) is 13.8. The van der Waals surface area contributed by atoms with E-state index in [0.29, 0.717) is 16.3 Å². The molecule has 1 fully saturated rings. The predicted molar refractivity (Wildman–Crippen MR) is 98.5 cm³/mol. The van der Waals surface area contributed by atoms with Crippen molar-refractivity contribution in [1.82, 2.24) is 5.32 Å². The van der Waals surface area contributed by atoms with Crippen molar-refractivity contribution in [2.45, 2.75) is 18.6 Å². The number of hydrogen-bond donors (Lipinski definition) is 3. The average Bonchev–Trinajstić information content (AvgIpc) is 3.28. The third-order valence-corrected chi connectivity index (χ3v) is 5.37. The molecule has 3 N–H and O–H groups in total. The molecule has 0 aliphatic carbocycles. The van der Waals surface area contributed by atoms with Gasteiger partial charge in [-0.2, -0.15) is 0 Å². The van der Waals surface area contributed by atoms with Crippen LogP contribution in [-0.2, 0) is 14.3 Å². The van der Waals surface area contributed by atoms with Crippen molar-refractivity contribution >= 4 is 51.1 Å². The molecule has 3 heterocycles. The van der Waals surface area contributed by atoms with E-state index in [2.05, 4.69) is 10.6 Å². The first-order valence-corrected chi connectivity index (χ1v) is 9.44. The molecule has 0 saturated carbocycles. The Bertz CT molecular complexity index is 859. The van der Waals surface area contributed by atoms with Crippen molar-refractivity contribution in [3.63, 3.8) is 0 Å². The van der Waals surface area contributed by atoms with Gasteiger partial charge in [0.05, 0.1) is 12.9 Å². The Morgan fingerprint density at radius 2 is 2.27 bits per heavy atom. The molecule has 1 saturated heterocycles. The molecule has 136 valence electrons. The van der Waals surface area contributed by atoms with E-state index in [1.165, 1.54) is 17.6 Å². The summed E-state index contributed by atoms with van der Waals surface area (Å²) in [4.78, 5) is 36.3. The van der Waals surface area contributed by atoms with Crippen LogP contribution in [0.4, 0.5) is 5.00 Å². The molecule has 1 atom stereocenters. The molecule has 0 radical (unpaired) electrons. The highest BCUT2D eigenvalue weighted by Gasteiger charge is 2.32. The first-order valence-electron chi connectivity index (χ1n) is 7.68. The van der Waals surface area contributed by atoms with Gasteiger partial charge in [0.15, 0.2) is 5.17 Å². The molecule has 1 aliphatic heterocycles. The smallest absolute Gasteiger partial charge is 0.341 e. The van der Waals surface area contributed by atoms with E-state index in [1.54, 1.807) is 24.4 Å². The van der Waals surface area contributed by atoms with Crippen LogP contribution in [0.25, 0.3) is 11.3 Å². The van der Waals surface area contributed by atoms with Crippen LogP contribution in [0.5, 0.6) is 0 Å². The number of furan rings is 1. The number of thioether (sulfide) groups is 1. The predicted octanol–water partition coefficient (Wildman–Crippen LogP) is 2.68. The van der Waals surface area contributed by atoms with Crippen LogP contribution < -0.4 is 10.6 Å². The van der Waals surface area contributed by atoms with Crippen molar-refractivity contribution in [1.29, 1.82) is 5.41 Å². The molecule has 1 aliphatic rings. The van der Waals surface area contributed by atoms with E-state index in [9.17, 15) is 14.4 Å². The van der Waals surface area contributed by atoms with Gasteiger partial charge in [-0.15, -0.1) is 11.3 Å². The third kappa shape index (κ3) is 3.81. The van der Waals surface area contributed by atoms with Gasteiger partial charge in [-0.25, -0.2) is 4.79 Å². The molecular weight excluding hydrogens is 378 g/mol. The summed E-state index contributed by atoms with van der Waals surface area (Å²) in [5.74, 6) is -0.872. The molecule has 0 spiro atoms. The van der Waals surface area contributed by atoms with E-state index < -0.39 is 17.1 Å². The number of anilines is 1. The van der Waals surface area contributed by atoms with Crippen LogP contribution in [0.15, 0.2) is 28.2 Å². The van der Waals surface area contributed by atoms with E-state index in [1.807, 2.05) is 0 Å². The number of esters is 1. The van der Waals surface area contributed by atoms with Crippen LogP contribution in [0.1, 0.15) is 23.7 Å². The second-order valence-corrected chi connectivity index (χ2v) is 7.32. The summed E-state index contributed by atoms with van der Waals surface area (Å²) in [6.07, 6.45) is 1.39. The first kappa shape index (κ1) is 18.2. The number of nitrogens with one attached hydrogen (secondary N) is 3. The molecule has 2 aromatic heterocycles. The number of hydrogen-bond acceptors (Lipinski definition) is 8. The summed E-state index contributed by atoms with van der Waals surface area (Å²) < 4.78 is 10.4. The maximum atomic E-state index is 12.4. The summed E-state index contributed by atoms with van der Waals surface area (Å²) in [6, 6.07) is 3.41. The minimum Gasteiger partial charge on any atom is -0.464 e. The normalized spacial score (nSPS) is 16.4.